The van der Waals surface area contributed by atoms with Gasteiger partial charge in [0.15, 0.2) is 5.82 Å². The van der Waals surface area contributed by atoms with Crippen LogP contribution in [0.1, 0.15) is 75.7 Å². The van der Waals surface area contributed by atoms with E-state index in [1.807, 2.05) is 18.5 Å². The molecule has 13 rings (SSSR count). The Morgan fingerprint density at radius 1 is 0.548 bits per heavy atom. The average Bonchev–Trinajstić information content (AvgIpc) is 3.35. The van der Waals surface area contributed by atoms with Crippen molar-refractivity contribution >= 4 is 21.8 Å². The second-order valence-corrected chi connectivity index (χ2v) is 18.2. The van der Waals surface area contributed by atoms with Crippen molar-refractivity contribution in [1.82, 2.24) is 29.7 Å². The molecule has 4 bridgehead atoms. The molecule has 9 heterocycles. The number of pyridine rings is 2. The Morgan fingerprint density at radius 3 is 1.45 bits per heavy atom. The number of ether oxygens (including phenoxy) is 2. The van der Waals surface area contributed by atoms with E-state index in [0.29, 0.717) is 41.3 Å². The normalized spacial score (nSPS) is 26.4. The molecule has 8 heteroatoms. The van der Waals surface area contributed by atoms with Crippen LogP contribution in [0.4, 0.5) is 0 Å². The number of hydrogen-bond acceptors (Lipinski definition) is 8. The molecule has 10 atom stereocenters. The number of nitrogens with zero attached hydrogens (tertiary/aromatic N) is 6. The van der Waals surface area contributed by atoms with Crippen molar-refractivity contribution in [3.63, 3.8) is 0 Å². The minimum absolute atomic E-state index is 0.165. The van der Waals surface area contributed by atoms with Crippen molar-refractivity contribution in [1.29, 1.82) is 0 Å². The van der Waals surface area contributed by atoms with Crippen LogP contribution in [0.25, 0.3) is 44.3 Å². The summed E-state index contributed by atoms with van der Waals surface area (Å²) in [6.45, 7) is 9.04. The van der Waals surface area contributed by atoms with Crippen LogP contribution in [0.5, 0.6) is 11.8 Å². The van der Waals surface area contributed by atoms with Gasteiger partial charge in [-0.3, -0.25) is 19.8 Å². The lowest BCUT2D eigenvalue weighted by Gasteiger charge is -2.52. The third-order valence-electron chi connectivity index (χ3n) is 15.0. The molecule has 4 aromatic carbocycles. The van der Waals surface area contributed by atoms with E-state index in [1.54, 1.807) is 0 Å². The maximum Gasteiger partial charge on any atom is 0.229 e. The molecular formula is C54H56N6O2. The topological polar surface area (TPSA) is 76.5 Å². The third kappa shape index (κ3) is 7.21. The van der Waals surface area contributed by atoms with Gasteiger partial charge in [-0.1, -0.05) is 124 Å². The third-order valence-corrected chi connectivity index (χ3v) is 15.0. The van der Waals surface area contributed by atoms with Gasteiger partial charge < -0.3 is 9.47 Å². The maximum atomic E-state index is 7.72. The fourth-order valence-electron chi connectivity index (χ4n) is 11.7. The smallest absolute Gasteiger partial charge is 0.229 e. The lowest BCUT2D eigenvalue weighted by molar-refractivity contribution is -0.0510. The van der Waals surface area contributed by atoms with E-state index in [2.05, 4.69) is 139 Å². The largest absolute Gasteiger partial charge is 0.467 e. The van der Waals surface area contributed by atoms with Crippen molar-refractivity contribution in [2.24, 2.45) is 23.7 Å². The zero-order valence-corrected chi connectivity index (χ0v) is 35.9. The van der Waals surface area contributed by atoms with E-state index < -0.39 is 0 Å². The van der Waals surface area contributed by atoms with Gasteiger partial charge in [0.05, 0.1) is 23.1 Å². The van der Waals surface area contributed by atoms with Crippen molar-refractivity contribution in [3.05, 3.63) is 145 Å². The predicted molar refractivity (Wildman–Crippen MR) is 247 cm³/mol. The van der Waals surface area contributed by atoms with Crippen molar-refractivity contribution in [2.75, 3.05) is 26.2 Å². The van der Waals surface area contributed by atoms with Gasteiger partial charge >= 0.3 is 0 Å². The van der Waals surface area contributed by atoms with Crippen molar-refractivity contribution in [3.8, 4) is 34.3 Å². The number of aromatic nitrogens is 4. The summed E-state index contributed by atoms with van der Waals surface area (Å²) in [5, 5.41) is 2.22. The molecule has 6 fully saturated rings. The molecule has 6 saturated heterocycles. The van der Waals surface area contributed by atoms with Crippen LogP contribution in [0, 0.1) is 23.7 Å². The summed E-state index contributed by atoms with van der Waals surface area (Å²) in [7, 11) is 0. The Morgan fingerprint density at radius 2 is 1.00 bits per heavy atom. The quantitative estimate of drug-likeness (QED) is 0.121. The summed E-state index contributed by atoms with van der Waals surface area (Å²) < 4.78 is 15.4. The molecule has 0 aliphatic carbocycles. The molecule has 0 saturated carbocycles. The first-order valence-electron chi connectivity index (χ1n) is 23.1. The number of piperidine rings is 6. The average molecular weight is 821 g/mol. The van der Waals surface area contributed by atoms with Crippen molar-refractivity contribution < 1.29 is 9.47 Å². The van der Waals surface area contributed by atoms with E-state index >= 15 is 0 Å². The number of fused-ring (bicyclic) bond motifs is 8. The number of benzene rings is 4. The van der Waals surface area contributed by atoms with Gasteiger partial charge in [-0.15, -0.1) is 0 Å². The first kappa shape index (κ1) is 39.2. The molecule has 8 nitrogen and oxygen atoms in total. The molecule has 2 unspecified atom stereocenters. The lowest BCUT2D eigenvalue weighted by atomic mass is 9.72. The Bertz CT molecular complexity index is 2520. The van der Waals surface area contributed by atoms with Crippen LogP contribution in [0.15, 0.2) is 134 Å². The molecule has 0 N–H and O–H groups in total. The highest BCUT2D eigenvalue weighted by atomic mass is 16.5. The van der Waals surface area contributed by atoms with E-state index in [4.69, 9.17) is 29.4 Å². The summed E-state index contributed by atoms with van der Waals surface area (Å²) in [4.78, 5) is 25.9. The van der Waals surface area contributed by atoms with E-state index in [0.717, 1.165) is 88.6 Å². The molecule has 62 heavy (non-hydrogen) atoms. The second kappa shape index (κ2) is 16.9. The summed E-state index contributed by atoms with van der Waals surface area (Å²) >= 11 is 0. The van der Waals surface area contributed by atoms with Gasteiger partial charge in [0.25, 0.3) is 0 Å². The van der Waals surface area contributed by atoms with Crippen LogP contribution in [-0.2, 0) is 0 Å². The van der Waals surface area contributed by atoms with Crippen LogP contribution < -0.4 is 9.47 Å². The van der Waals surface area contributed by atoms with Gasteiger partial charge in [0.2, 0.25) is 11.8 Å². The number of rotatable bonds is 12. The number of para-hydroxylation sites is 2. The molecule has 6 aliphatic heterocycles. The second-order valence-electron chi connectivity index (χ2n) is 18.2. The first-order chi connectivity index (χ1) is 30.6. The first-order valence-corrected chi connectivity index (χ1v) is 23.1. The van der Waals surface area contributed by atoms with Gasteiger partial charge in [-0.2, -0.15) is 9.97 Å². The van der Waals surface area contributed by atoms with Gasteiger partial charge in [0, 0.05) is 52.9 Å². The Kier molecular flexibility index (Phi) is 10.7. The molecule has 3 aromatic heterocycles. The summed E-state index contributed by atoms with van der Waals surface area (Å²) in [6.07, 6.45) is 10.3. The van der Waals surface area contributed by atoms with Gasteiger partial charge in [0.1, 0.15) is 17.8 Å². The molecule has 0 radical (unpaired) electrons. The Balaban J connectivity index is 1.11. The molecular weight excluding hydrogens is 765 g/mol. The van der Waals surface area contributed by atoms with E-state index in [-0.39, 0.29) is 24.3 Å². The zero-order chi connectivity index (χ0) is 41.6. The standard InChI is InChI=1S/C54H56N6O2/c1-3-35-33-59-29-25-39(35)31-47(59)50(43-23-27-55-45-21-13-11-19-41(43)45)61-53-49(37-15-7-5-8-16-37)54(58-52(57-53)38-17-9-6-10-18-38)62-51(44-24-28-56-46-22-14-12-20-42(44)46)48-32-40-26-30-60(48)34-36(40)4-2/h5-24,27-28,35-36,39-40,47-48,50-51H,3-4,25-26,29-34H2,1-2H3/t35-,36-,39-,40-,47+,48+,50-,51-/m0/s1. The maximum absolute atomic E-state index is 7.72. The molecule has 314 valence electrons. The highest BCUT2D eigenvalue weighted by Crippen LogP contribution is 2.49. The summed E-state index contributed by atoms with van der Waals surface area (Å²) in [5.41, 5.74) is 6.87. The molecule has 0 spiro atoms. The monoisotopic (exact) mass is 820 g/mol. The van der Waals surface area contributed by atoms with Gasteiger partial charge in [-0.25, -0.2) is 0 Å². The Hall–Kier alpha value is -5.70. The van der Waals surface area contributed by atoms with Crippen LogP contribution in [-0.4, -0.2) is 68.0 Å². The molecule has 7 aromatic rings. The van der Waals surface area contributed by atoms with Crippen LogP contribution >= 0.6 is 0 Å². The Labute approximate surface area is 365 Å². The SMILES string of the molecule is CC[C@H]1CN2CC[C@H]1C[C@@H]2[C@@H](Oc1nc(-c2ccccc2)nc(O[C@@H](c2ccnc3ccccc23)[C@H]2C[C@@H]3CCN2C[C@@H]3CC)c1-c1ccccc1)c1ccnc2ccccc12. The minimum Gasteiger partial charge on any atom is -0.467 e. The highest BCUT2D eigenvalue weighted by Gasteiger charge is 2.46. The predicted octanol–water partition coefficient (Wildman–Crippen LogP) is 11.4. The van der Waals surface area contributed by atoms with E-state index in [1.165, 1.54) is 25.7 Å². The minimum atomic E-state index is -0.316. The molecule has 6 aliphatic rings. The fraction of sp³-hybridized carbons (Fsp3) is 0.370. The summed E-state index contributed by atoms with van der Waals surface area (Å²) in [5.74, 6) is 4.40. The summed E-state index contributed by atoms with van der Waals surface area (Å²) in [6, 6.07) is 42.5. The van der Waals surface area contributed by atoms with Crippen LogP contribution in [0.2, 0.25) is 0 Å². The van der Waals surface area contributed by atoms with Crippen molar-refractivity contribution in [2.45, 2.75) is 76.7 Å². The lowest BCUT2D eigenvalue weighted by Crippen LogP contribution is -2.56. The number of hydrogen-bond donors (Lipinski definition) is 0. The fourth-order valence-corrected chi connectivity index (χ4v) is 11.7. The van der Waals surface area contributed by atoms with E-state index in [9.17, 15) is 0 Å². The van der Waals surface area contributed by atoms with Crippen LogP contribution in [0.3, 0.4) is 0 Å². The highest BCUT2D eigenvalue weighted by molar-refractivity contribution is 5.84. The van der Waals surface area contributed by atoms with Gasteiger partial charge in [-0.05, 0) is 92.3 Å². The molecule has 0 amide bonds. The zero-order valence-electron chi connectivity index (χ0n) is 35.9.